The van der Waals surface area contributed by atoms with Gasteiger partial charge in [-0.25, -0.2) is 14.8 Å². The van der Waals surface area contributed by atoms with Crippen LogP contribution in [0.5, 0.6) is 6.01 Å². The van der Waals surface area contributed by atoms with Crippen LogP contribution in [0.25, 0.3) is 0 Å². The second-order valence-corrected chi connectivity index (χ2v) is 5.71. The largest absolute Gasteiger partial charge is 0.460 e. The number of aromatic nitrogens is 2. The number of carbonyl (C=O) groups excluding carboxylic acids is 1. The number of rotatable bonds is 3. The first-order valence-electron chi connectivity index (χ1n) is 7.46. The number of nitrogens with one attached hydrogen (secondary N) is 1. The third kappa shape index (κ3) is 4.32. The van der Waals surface area contributed by atoms with Gasteiger partial charge in [0.05, 0.1) is 0 Å². The van der Waals surface area contributed by atoms with Crippen molar-refractivity contribution in [1.29, 1.82) is 0 Å². The molecule has 3 rings (SSSR count). The van der Waals surface area contributed by atoms with Crippen molar-refractivity contribution >= 4 is 23.3 Å². The molecule has 0 bridgehead atoms. The van der Waals surface area contributed by atoms with Gasteiger partial charge in [-0.2, -0.15) is 0 Å². The molecule has 0 saturated carbocycles. The van der Waals surface area contributed by atoms with E-state index in [1.807, 2.05) is 0 Å². The van der Waals surface area contributed by atoms with E-state index in [1.54, 1.807) is 47.6 Å². The van der Waals surface area contributed by atoms with Gasteiger partial charge >= 0.3 is 12.0 Å². The zero-order chi connectivity index (χ0) is 16.1. The number of nitrogens with zero attached hydrogens (tertiary/aromatic N) is 3. The lowest BCUT2D eigenvalue weighted by Gasteiger charge is -2.31. The highest BCUT2D eigenvalue weighted by Crippen LogP contribution is 2.18. The fourth-order valence-electron chi connectivity index (χ4n) is 2.41. The Balaban J connectivity index is 1.48. The number of hydrogen-bond donors (Lipinski definition) is 1. The van der Waals surface area contributed by atoms with Gasteiger partial charge in [-0.15, -0.1) is 0 Å². The van der Waals surface area contributed by atoms with Gasteiger partial charge in [0.1, 0.15) is 6.10 Å². The number of carbonyl (C=O) groups is 1. The highest BCUT2D eigenvalue weighted by Gasteiger charge is 2.24. The summed E-state index contributed by atoms with van der Waals surface area (Å²) in [6.45, 7) is 1.27. The van der Waals surface area contributed by atoms with Crippen LogP contribution >= 0.6 is 11.6 Å². The summed E-state index contributed by atoms with van der Waals surface area (Å²) in [7, 11) is 0. The number of ether oxygens (including phenoxy) is 1. The Hall–Kier alpha value is -2.34. The number of hydrogen-bond acceptors (Lipinski definition) is 4. The Morgan fingerprint density at radius 2 is 1.83 bits per heavy atom. The van der Waals surface area contributed by atoms with E-state index < -0.39 is 0 Å². The third-order valence-corrected chi connectivity index (χ3v) is 3.89. The molecule has 1 aromatic heterocycles. The van der Waals surface area contributed by atoms with E-state index in [0.717, 1.165) is 18.5 Å². The third-order valence-electron chi connectivity index (χ3n) is 3.64. The molecule has 0 aliphatic carbocycles. The van der Waals surface area contributed by atoms with Crippen LogP contribution in [0.1, 0.15) is 12.8 Å². The summed E-state index contributed by atoms with van der Waals surface area (Å²) >= 11 is 5.83. The molecule has 6 nitrogen and oxygen atoms in total. The fourth-order valence-corrected chi connectivity index (χ4v) is 2.53. The standard InChI is InChI=1S/C16H17ClN4O2/c17-12-2-4-13(5-3-12)20-16(22)21-10-6-14(7-11-21)23-15-18-8-1-9-19-15/h1-5,8-9,14H,6-7,10-11H2,(H,20,22). The number of halogens is 1. The van der Waals surface area contributed by atoms with Crippen LogP contribution in [-0.4, -0.2) is 40.1 Å². The molecule has 2 amide bonds. The zero-order valence-corrected chi connectivity index (χ0v) is 13.2. The minimum absolute atomic E-state index is 0.0389. The molecule has 0 unspecified atom stereocenters. The molecule has 1 aliphatic heterocycles. The molecule has 7 heteroatoms. The Labute approximate surface area is 139 Å². The van der Waals surface area contributed by atoms with Gasteiger partial charge in [0.25, 0.3) is 0 Å². The summed E-state index contributed by atoms with van der Waals surface area (Å²) in [5, 5.41) is 3.51. The van der Waals surface area contributed by atoms with Crippen molar-refractivity contribution in [2.75, 3.05) is 18.4 Å². The maximum absolute atomic E-state index is 12.2. The molecule has 1 aromatic carbocycles. The quantitative estimate of drug-likeness (QED) is 0.937. The Morgan fingerprint density at radius 3 is 2.48 bits per heavy atom. The van der Waals surface area contributed by atoms with Gasteiger partial charge in [-0.1, -0.05) is 11.6 Å². The van der Waals surface area contributed by atoms with E-state index in [2.05, 4.69) is 15.3 Å². The van der Waals surface area contributed by atoms with Crippen molar-refractivity contribution in [3.8, 4) is 6.01 Å². The van der Waals surface area contributed by atoms with Gasteiger partial charge in [-0.05, 0) is 30.3 Å². The highest BCUT2D eigenvalue weighted by molar-refractivity contribution is 6.30. The van der Waals surface area contributed by atoms with Gasteiger partial charge in [-0.3, -0.25) is 0 Å². The van der Waals surface area contributed by atoms with Crippen LogP contribution in [0.3, 0.4) is 0 Å². The number of likely N-dealkylation sites (tertiary alicyclic amines) is 1. The maximum atomic E-state index is 12.2. The number of piperidine rings is 1. The first-order valence-corrected chi connectivity index (χ1v) is 7.84. The van der Waals surface area contributed by atoms with Crippen molar-refractivity contribution in [2.24, 2.45) is 0 Å². The van der Waals surface area contributed by atoms with Crippen LogP contribution in [0.15, 0.2) is 42.7 Å². The van der Waals surface area contributed by atoms with Crippen molar-refractivity contribution < 1.29 is 9.53 Å². The fraction of sp³-hybridized carbons (Fsp3) is 0.312. The zero-order valence-electron chi connectivity index (χ0n) is 12.5. The highest BCUT2D eigenvalue weighted by atomic mass is 35.5. The minimum atomic E-state index is -0.110. The first-order chi connectivity index (χ1) is 11.2. The summed E-state index contributed by atoms with van der Waals surface area (Å²) in [5.41, 5.74) is 0.732. The molecule has 23 heavy (non-hydrogen) atoms. The van der Waals surface area contributed by atoms with Crippen molar-refractivity contribution in [3.05, 3.63) is 47.7 Å². The van der Waals surface area contributed by atoms with Gasteiger partial charge < -0.3 is 15.0 Å². The molecule has 0 atom stereocenters. The molecule has 0 spiro atoms. The van der Waals surface area contributed by atoms with Gasteiger partial charge in [0, 0.05) is 49.0 Å². The van der Waals surface area contributed by atoms with Gasteiger partial charge in [0.15, 0.2) is 0 Å². The van der Waals surface area contributed by atoms with E-state index in [9.17, 15) is 4.79 Å². The number of amides is 2. The summed E-state index contributed by atoms with van der Waals surface area (Å²) in [6, 6.07) is 9.08. The number of anilines is 1. The van der Waals surface area contributed by atoms with E-state index in [0.29, 0.717) is 24.1 Å². The molecule has 1 N–H and O–H groups in total. The summed E-state index contributed by atoms with van der Waals surface area (Å²) in [5.74, 6) is 0. The summed E-state index contributed by atoms with van der Waals surface area (Å²) < 4.78 is 5.72. The molecule has 1 fully saturated rings. The van der Waals surface area contributed by atoms with E-state index >= 15 is 0 Å². The summed E-state index contributed by atoms with van der Waals surface area (Å²) in [6.07, 6.45) is 4.85. The Morgan fingerprint density at radius 1 is 1.17 bits per heavy atom. The molecule has 120 valence electrons. The second-order valence-electron chi connectivity index (χ2n) is 5.27. The molecular formula is C16H17ClN4O2. The van der Waals surface area contributed by atoms with E-state index in [4.69, 9.17) is 16.3 Å². The Bertz CT molecular complexity index is 643. The minimum Gasteiger partial charge on any atom is -0.460 e. The van der Waals surface area contributed by atoms with E-state index in [1.165, 1.54) is 0 Å². The van der Waals surface area contributed by atoms with Crippen LogP contribution < -0.4 is 10.1 Å². The predicted octanol–water partition coefficient (Wildman–Crippen LogP) is 3.21. The van der Waals surface area contributed by atoms with Gasteiger partial charge in [0.2, 0.25) is 0 Å². The maximum Gasteiger partial charge on any atom is 0.321 e. The van der Waals surface area contributed by atoms with Crippen LogP contribution in [0.4, 0.5) is 10.5 Å². The molecule has 1 saturated heterocycles. The first kappa shape index (κ1) is 15.6. The van der Waals surface area contributed by atoms with Crippen molar-refractivity contribution in [2.45, 2.75) is 18.9 Å². The predicted molar refractivity (Wildman–Crippen MR) is 87.7 cm³/mol. The lowest BCUT2D eigenvalue weighted by Crippen LogP contribution is -2.43. The average molecular weight is 333 g/mol. The smallest absolute Gasteiger partial charge is 0.321 e. The molecular weight excluding hydrogens is 316 g/mol. The lowest BCUT2D eigenvalue weighted by molar-refractivity contribution is 0.107. The monoisotopic (exact) mass is 332 g/mol. The lowest BCUT2D eigenvalue weighted by atomic mass is 10.1. The number of benzene rings is 1. The average Bonchev–Trinajstić information content (AvgIpc) is 2.58. The number of urea groups is 1. The normalized spacial score (nSPS) is 15.3. The molecule has 2 aromatic rings. The molecule has 1 aliphatic rings. The Kier molecular flexibility index (Phi) is 4.92. The molecule has 2 heterocycles. The summed E-state index contributed by atoms with van der Waals surface area (Å²) in [4.78, 5) is 22.1. The topological polar surface area (TPSA) is 67.4 Å². The van der Waals surface area contributed by atoms with Crippen LogP contribution in [0, 0.1) is 0 Å². The van der Waals surface area contributed by atoms with Crippen LogP contribution in [0.2, 0.25) is 5.02 Å². The van der Waals surface area contributed by atoms with E-state index in [-0.39, 0.29) is 12.1 Å². The van der Waals surface area contributed by atoms with Crippen molar-refractivity contribution in [1.82, 2.24) is 14.9 Å². The second kappa shape index (κ2) is 7.28. The molecule has 0 radical (unpaired) electrons. The van der Waals surface area contributed by atoms with Crippen molar-refractivity contribution in [3.63, 3.8) is 0 Å². The SMILES string of the molecule is O=C(Nc1ccc(Cl)cc1)N1CCC(Oc2ncccn2)CC1. The van der Waals surface area contributed by atoms with Crippen LogP contribution in [-0.2, 0) is 0 Å².